The third-order valence-electron chi connectivity index (χ3n) is 4.69. The van der Waals surface area contributed by atoms with Crippen molar-refractivity contribution in [1.29, 1.82) is 0 Å². The molecule has 0 aromatic heterocycles. The van der Waals surface area contributed by atoms with Crippen molar-refractivity contribution in [2.75, 3.05) is 19.6 Å². The summed E-state index contributed by atoms with van der Waals surface area (Å²) in [6.45, 7) is -1.44. The summed E-state index contributed by atoms with van der Waals surface area (Å²) in [6.07, 6.45) is 2.28. The average molecular weight is 428 g/mol. The summed E-state index contributed by atoms with van der Waals surface area (Å²) in [5.74, 6) is -2.05. The fourth-order valence-corrected chi connectivity index (χ4v) is 3.64. The molecule has 1 aromatic carbocycles. The number of benzene rings is 1. The van der Waals surface area contributed by atoms with Crippen molar-refractivity contribution in [3.8, 4) is 0 Å². The van der Waals surface area contributed by atoms with E-state index in [9.17, 15) is 26.4 Å². The number of hydrogen-bond donors (Lipinski definition) is 1. The lowest BCUT2D eigenvalue weighted by Gasteiger charge is -2.36. The normalized spacial score (nSPS) is 17.7. The molecule has 1 fully saturated rings. The van der Waals surface area contributed by atoms with E-state index in [4.69, 9.17) is 16.3 Å². The molecule has 0 unspecified atom stereocenters. The van der Waals surface area contributed by atoms with Crippen LogP contribution in [-0.4, -0.2) is 40.0 Å². The van der Waals surface area contributed by atoms with E-state index in [2.05, 4.69) is 0 Å². The fraction of sp³-hybridized carbons (Fsp3) is 0.588. The predicted octanol–water partition coefficient (Wildman–Crippen LogP) is 3.55. The van der Waals surface area contributed by atoms with E-state index in [1.54, 1.807) is 4.72 Å². The monoisotopic (exact) mass is 427 g/mol. The lowest BCUT2D eigenvalue weighted by molar-refractivity contribution is -0.0251. The summed E-state index contributed by atoms with van der Waals surface area (Å²) >= 11 is 6.05. The van der Waals surface area contributed by atoms with Crippen LogP contribution in [0.5, 0.6) is 0 Å². The van der Waals surface area contributed by atoms with Crippen molar-refractivity contribution in [2.24, 2.45) is 5.41 Å². The number of sulfonamides is 1. The molecule has 0 bridgehead atoms. The predicted molar refractivity (Wildman–Crippen MR) is 95.1 cm³/mol. The molecular weight excluding hydrogens is 407 g/mol. The first-order valence-electron chi connectivity index (χ1n) is 8.33. The molecule has 152 valence electrons. The Labute approximate surface area is 161 Å². The van der Waals surface area contributed by atoms with Crippen LogP contribution in [0, 0.1) is 11.2 Å². The Hall–Kier alpha value is -1.32. The van der Waals surface area contributed by atoms with Crippen LogP contribution in [0.1, 0.15) is 41.6 Å². The molecular formula is C17H21ClF3NO4S. The molecule has 1 aromatic rings. The van der Waals surface area contributed by atoms with Crippen LogP contribution in [-0.2, 0) is 21.4 Å². The first-order valence-corrected chi connectivity index (χ1v) is 10.6. The maximum atomic E-state index is 14.2. The van der Waals surface area contributed by atoms with Crippen LogP contribution in [0.4, 0.5) is 13.2 Å². The molecule has 0 heterocycles. The van der Waals surface area contributed by atoms with Gasteiger partial charge >= 0.3 is 0 Å². The summed E-state index contributed by atoms with van der Waals surface area (Å²) in [7, 11) is -3.84. The van der Waals surface area contributed by atoms with Gasteiger partial charge in [0, 0.05) is 10.4 Å². The molecule has 0 atom stereocenters. The Morgan fingerprint density at radius 2 is 1.89 bits per heavy atom. The zero-order chi connectivity index (χ0) is 20.2. The summed E-state index contributed by atoms with van der Waals surface area (Å²) in [6, 6.07) is 2.05. The highest BCUT2D eigenvalue weighted by Gasteiger charge is 2.36. The molecule has 27 heavy (non-hydrogen) atoms. The van der Waals surface area contributed by atoms with E-state index in [1.807, 2.05) is 0 Å². The third kappa shape index (κ3) is 5.83. The molecule has 1 N–H and O–H groups in total. The van der Waals surface area contributed by atoms with E-state index < -0.39 is 46.1 Å². The number of alkyl halides is 2. The molecule has 0 aliphatic heterocycles. The van der Waals surface area contributed by atoms with Crippen LogP contribution in [0.25, 0.3) is 0 Å². The zero-order valence-corrected chi connectivity index (χ0v) is 16.3. The Morgan fingerprint density at radius 3 is 2.41 bits per heavy atom. The highest BCUT2D eigenvalue weighted by atomic mass is 35.5. The number of halogens is 4. The number of rotatable bonds is 7. The minimum Gasteiger partial charge on any atom is -0.373 e. The second-order valence-electron chi connectivity index (χ2n) is 6.90. The smallest absolute Gasteiger partial charge is 0.267 e. The molecule has 1 aliphatic rings. The Kier molecular flexibility index (Phi) is 7.15. The van der Waals surface area contributed by atoms with Gasteiger partial charge in [0.05, 0.1) is 37.9 Å². The van der Waals surface area contributed by atoms with E-state index in [0.717, 1.165) is 18.4 Å². The van der Waals surface area contributed by atoms with Gasteiger partial charge in [-0.25, -0.2) is 17.5 Å². The topological polar surface area (TPSA) is 72.5 Å². The molecule has 1 amide bonds. The molecule has 0 radical (unpaired) electrons. The summed E-state index contributed by atoms with van der Waals surface area (Å²) < 4.78 is 69.7. The van der Waals surface area contributed by atoms with Gasteiger partial charge in [-0.2, -0.15) is 0 Å². The maximum absolute atomic E-state index is 14.2. The first kappa shape index (κ1) is 22.0. The summed E-state index contributed by atoms with van der Waals surface area (Å²) in [4.78, 5) is 11.8. The highest BCUT2D eigenvalue weighted by Crippen LogP contribution is 2.38. The fourth-order valence-electron chi connectivity index (χ4n) is 2.98. The molecule has 0 spiro atoms. The van der Waals surface area contributed by atoms with Crippen LogP contribution in [0.15, 0.2) is 12.1 Å². The van der Waals surface area contributed by atoms with Gasteiger partial charge in [0.2, 0.25) is 10.0 Å². The number of amides is 1. The Morgan fingerprint density at radius 1 is 1.30 bits per heavy atom. The number of hydrogen-bond acceptors (Lipinski definition) is 4. The number of carbonyl (C=O) groups excluding carboxylic acids is 1. The largest absolute Gasteiger partial charge is 0.373 e. The molecule has 5 nitrogen and oxygen atoms in total. The Bertz CT molecular complexity index is 790. The minimum atomic E-state index is -3.84. The van der Waals surface area contributed by atoms with Gasteiger partial charge in [-0.3, -0.25) is 13.6 Å². The van der Waals surface area contributed by atoms with Gasteiger partial charge in [0.1, 0.15) is 5.82 Å². The number of carbonyl (C=O) groups is 1. The number of nitrogens with one attached hydrogen (secondary N) is 1. The van der Waals surface area contributed by atoms with E-state index >= 15 is 0 Å². The summed E-state index contributed by atoms with van der Waals surface area (Å²) in [5, 5.41) is 0.0488. The molecule has 10 heteroatoms. The van der Waals surface area contributed by atoms with Crippen LogP contribution in [0.2, 0.25) is 5.02 Å². The van der Waals surface area contributed by atoms with Gasteiger partial charge in [-0.1, -0.05) is 11.6 Å². The van der Waals surface area contributed by atoms with Crippen LogP contribution < -0.4 is 4.72 Å². The van der Waals surface area contributed by atoms with Gasteiger partial charge in [0.15, 0.2) is 0 Å². The average Bonchev–Trinajstić information content (AvgIpc) is 2.61. The van der Waals surface area contributed by atoms with Crippen molar-refractivity contribution in [3.63, 3.8) is 0 Å². The minimum absolute atomic E-state index is 0.0351. The molecule has 0 saturated heterocycles. The molecule has 2 rings (SSSR count). The van der Waals surface area contributed by atoms with Crippen LogP contribution in [0.3, 0.4) is 0 Å². The quantitative estimate of drug-likeness (QED) is 0.722. The lowest BCUT2D eigenvalue weighted by atomic mass is 9.75. The van der Waals surface area contributed by atoms with Crippen molar-refractivity contribution >= 4 is 27.5 Å². The highest BCUT2D eigenvalue weighted by molar-refractivity contribution is 7.89. The van der Waals surface area contributed by atoms with Gasteiger partial charge in [0.25, 0.3) is 5.91 Å². The van der Waals surface area contributed by atoms with Crippen molar-refractivity contribution < 1.29 is 31.1 Å². The summed E-state index contributed by atoms with van der Waals surface area (Å²) in [5.41, 5.74) is -1.13. The van der Waals surface area contributed by atoms with Gasteiger partial charge in [-0.15, -0.1) is 0 Å². The van der Waals surface area contributed by atoms with Crippen LogP contribution >= 0.6 is 11.6 Å². The second kappa shape index (κ2) is 8.79. The van der Waals surface area contributed by atoms with Crippen molar-refractivity contribution in [2.45, 2.75) is 38.4 Å². The SMILES string of the molecule is CS(=O)(=O)NC(=O)c1cc(Cl)c(COC2CCC(CF)(CF)CC2)cc1F. The maximum Gasteiger partial charge on any atom is 0.267 e. The molecule has 1 aliphatic carbocycles. The Balaban J connectivity index is 2.00. The van der Waals surface area contributed by atoms with Crippen molar-refractivity contribution in [1.82, 2.24) is 4.72 Å². The van der Waals surface area contributed by atoms with Gasteiger partial charge in [-0.05, 0) is 43.4 Å². The zero-order valence-electron chi connectivity index (χ0n) is 14.7. The van der Waals surface area contributed by atoms with E-state index in [0.29, 0.717) is 25.7 Å². The standard InChI is InChI=1S/C17H21ClF3NO4S/c1-27(24,25)22-16(23)13-7-14(18)11(6-15(13)21)8-26-12-2-4-17(9-19,10-20)5-3-12/h6-7,12H,2-5,8-10H2,1H3,(H,22,23). The second-order valence-corrected chi connectivity index (χ2v) is 9.06. The number of ether oxygens (including phenoxy) is 1. The molecule has 1 saturated carbocycles. The third-order valence-corrected chi connectivity index (χ3v) is 5.60. The lowest BCUT2D eigenvalue weighted by Crippen LogP contribution is -2.34. The van der Waals surface area contributed by atoms with E-state index in [1.165, 1.54) is 0 Å². The van der Waals surface area contributed by atoms with E-state index in [-0.39, 0.29) is 23.3 Å². The van der Waals surface area contributed by atoms with Crippen molar-refractivity contribution in [3.05, 3.63) is 34.1 Å². The first-order chi connectivity index (χ1) is 12.6. The van der Waals surface area contributed by atoms with Gasteiger partial charge < -0.3 is 4.74 Å².